The summed E-state index contributed by atoms with van der Waals surface area (Å²) in [5.41, 5.74) is 1.15. The second kappa shape index (κ2) is 6.71. The second-order valence-electron chi connectivity index (χ2n) is 4.77. The molecule has 2 rings (SSSR count). The maximum atomic E-state index is 14.0. The second-order valence-corrected chi connectivity index (χ2v) is 4.77. The number of nitriles is 1. The number of anilines is 1. The van der Waals surface area contributed by atoms with Gasteiger partial charge in [-0.1, -0.05) is 12.1 Å². The van der Waals surface area contributed by atoms with Crippen molar-refractivity contribution in [3.05, 3.63) is 53.5 Å². The molecule has 1 aromatic carbocycles. The minimum Gasteiger partial charge on any atom is -0.473 e. The number of ether oxygens (including phenoxy) is 1. The van der Waals surface area contributed by atoms with E-state index in [1.165, 1.54) is 6.07 Å². The average molecular weight is 285 g/mol. The predicted octanol–water partition coefficient (Wildman–Crippen LogP) is 3.49. The van der Waals surface area contributed by atoms with Crippen LogP contribution in [0, 0.1) is 17.1 Å². The van der Waals surface area contributed by atoms with Gasteiger partial charge in [-0.15, -0.1) is 0 Å². The molecule has 1 aromatic heterocycles. The largest absolute Gasteiger partial charge is 0.473 e. The molecule has 108 valence electrons. The van der Waals surface area contributed by atoms with Gasteiger partial charge in [0.05, 0.1) is 17.4 Å². The average Bonchev–Trinajstić information content (AvgIpc) is 2.47. The number of hydrogen-bond acceptors (Lipinski definition) is 4. The van der Waals surface area contributed by atoms with E-state index < -0.39 is 5.82 Å². The van der Waals surface area contributed by atoms with Crippen molar-refractivity contribution in [1.29, 1.82) is 5.26 Å². The normalized spacial score (nSPS) is 10.2. The Morgan fingerprint density at radius 1 is 1.33 bits per heavy atom. The van der Waals surface area contributed by atoms with Crippen LogP contribution in [-0.4, -0.2) is 11.1 Å². The summed E-state index contributed by atoms with van der Waals surface area (Å²) in [5.74, 6) is -0.0212. The van der Waals surface area contributed by atoms with E-state index in [1.54, 1.807) is 24.4 Å². The lowest BCUT2D eigenvalue weighted by molar-refractivity contribution is 0.234. The van der Waals surface area contributed by atoms with Gasteiger partial charge >= 0.3 is 0 Å². The van der Waals surface area contributed by atoms with Crippen molar-refractivity contribution in [3.8, 4) is 11.9 Å². The zero-order valence-corrected chi connectivity index (χ0v) is 11.9. The van der Waals surface area contributed by atoms with Gasteiger partial charge in [0.15, 0.2) is 0 Å². The molecular weight excluding hydrogens is 269 g/mol. The molecular formula is C16H16FN3O. The Labute approximate surface area is 123 Å². The maximum Gasteiger partial charge on any atom is 0.237 e. The summed E-state index contributed by atoms with van der Waals surface area (Å²) in [4.78, 5) is 4.16. The zero-order valence-electron chi connectivity index (χ0n) is 11.9. The Balaban J connectivity index is 2.16. The first kappa shape index (κ1) is 14.8. The lowest BCUT2D eigenvalue weighted by atomic mass is 10.1. The highest BCUT2D eigenvalue weighted by Crippen LogP contribution is 2.23. The van der Waals surface area contributed by atoms with Gasteiger partial charge in [-0.25, -0.2) is 9.37 Å². The van der Waals surface area contributed by atoms with Crippen LogP contribution < -0.4 is 10.1 Å². The van der Waals surface area contributed by atoms with E-state index in [-0.39, 0.29) is 18.2 Å². The van der Waals surface area contributed by atoms with Crippen molar-refractivity contribution in [1.82, 2.24) is 4.98 Å². The van der Waals surface area contributed by atoms with Gasteiger partial charge in [0.25, 0.3) is 0 Å². The van der Waals surface area contributed by atoms with E-state index in [1.807, 2.05) is 26.0 Å². The number of nitrogens with zero attached hydrogens (tertiary/aromatic N) is 2. The monoisotopic (exact) mass is 285 g/mol. The summed E-state index contributed by atoms with van der Waals surface area (Å²) >= 11 is 0. The van der Waals surface area contributed by atoms with Crippen molar-refractivity contribution in [2.24, 2.45) is 0 Å². The van der Waals surface area contributed by atoms with E-state index >= 15 is 0 Å². The summed E-state index contributed by atoms with van der Waals surface area (Å²) in [6.07, 6.45) is 1.64. The number of nitrogens with one attached hydrogen (secondary N) is 1. The summed E-state index contributed by atoms with van der Waals surface area (Å²) in [6, 6.07) is 10.2. The first-order valence-corrected chi connectivity index (χ1v) is 6.65. The summed E-state index contributed by atoms with van der Waals surface area (Å²) in [7, 11) is 0. The van der Waals surface area contributed by atoms with Crippen molar-refractivity contribution >= 4 is 5.69 Å². The first-order valence-electron chi connectivity index (χ1n) is 6.65. The van der Waals surface area contributed by atoms with Crippen LogP contribution in [0.5, 0.6) is 5.88 Å². The number of aromatic nitrogens is 1. The Morgan fingerprint density at radius 2 is 2.14 bits per heavy atom. The first-order chi connectivity index (χ1) is 10.1. The molecule has 0 saturated heterocycles. The minimum atomic E-state index is -0.497. The number of benzene rings is 1. The zero-order chi connectivity index (χ0) is 15.2. The molecule has 0 spiro atoms. The van der Waals surface area contributed by atoms with Gasteiger partial charge in [0.1, 0.15) is 11.9 Å². The third-order valence-corrected chi connectivity index (χ3v) is 2.79. The van der Waals surface area contributed by atoms with Crippen LogP contribution in [0.25, 0.3) is 0 Å². The molecule has 0 amide bonds. The SMILES string of the molecule is CC(C)Oc1ncccc1NCc1cccc(C#N)c1F. The Kier molecular flexibility index (Phi) is 4.72. The van der Waals surface area contributed by atoms with Crippen LogP contribution in [0.2, 0.25) is 0 Å². The van der Waals surface area contributed by atoms with Crippen LogP contribution in [-0.2, 0) is 6.54 Å². The Morgan fingerprint density at radius 3 is 2.86 bits per heavy atom. The molecule has 0 aliphatic heterocycles. The van der Waals surface area contributed by atoms with E-state index in [4.69, 9.17) is 10.00 Å². The molecule has 21 heavy (non-hydrogen) atoms. The van der Waals surface area contributed by atoms with E-state index in [9.17, 15) is 4.39 Å². The van der Waals surface area contributed by atoms with Crippen LogP contribution in [0.3, 0.4) is 0 Å². The molecule has 0 unspecified atom stereocenters. The van der Waals surface area contributed by atoms with Gasteiger partial charge in [-0.3, -0.25) is 0 Å². The topological polar surface area (TPSA) is 57.9 Å². The number of halogens is 1. The molecule has 0 atom stereocenters. The van der Waals surface area contributed by atoms with Crippen LogP contribution >= 0.6 is 0 Å². The molecule has 0 aliphatic rings. The molecule has 0 aliphatic carbocycles. The highest BCUT2D eigenvalue weighted by molar-refractivity contribution is 5.52. The van der Waals surface area contributed by atoms with Crippen LogP contribution in [0.1, 0.15) is 25.0 Å². The van der Waals surface area contributed by atoms with Gasteiger partial charge in [-0.05, 0) is 32.0 Å². The fourth-order valence-corrected chi connectivity index (χ4v) is 1.84. The quantitative estimate of drug-likeness (QED) is 0.913. The molecule has 2 aromatic rings. The molecule has 1 N–H and O–H groups in total. The van der Waals surface area contributed by atoms with Gasteiger partial charge < -0.3 is 10.1 Å². The van der Waals surface area contributed by atoms with Crippen molar-refractivity contribution in [2.45, 2.75) is 26.5 Å². The van der Waals surface area contributed by atoms with Crippen LogP contribution in [0.15, 0.2) is 36.5 Å². The molecule has 0 fully saturated rings. The highest BCUT2D eigenvalue weighted by Gasteiger charge is 2.10. The molecule has 5 heteroatoms. The maximum absolute atomic E-state index is 14.0. The van der Waals surface area contributed by atoms with Gasteiger partial charge in [-0.2, -0.15) is 5.26 Å². The Hall–Kier alpha value is -2.61. The summed E-state index contributed by atoms with van der Waals surface area (Å²) in [5, 5.41) is 11.9. The molecule has 1 heterocycles. The Bertz CT molecular complexity index is 665. The van der Waals surface area contributed by atoms with E-state index in [0.29, 0.717) is 17.1 Å². The standard InChI is InChI=1S/C16H16FN3O/c1-11(2)21-16-14(7-4-8-19-16)20-10-13-6-3-5-12(9-18)15(13)17/h3-8,11,20H,10H2,1-2H3. The number of pyridine rings is 1. The minimum absolute atomic E-state index is 0.000831. The number of hydrogen-bond donors (Lipinski definition) is 1. The van der Waals surface area contributed by atoms with E-state index in [2.05, 4.69) is 10.3 Å². The van der Waals surface area contributed by atoms with Crippen LogP contribution in [0.4, 0.5) is 10.1 Å². The molecule has 0 saturated carbocycles. The molecule has 0 bridgehead atoms. The molecule has 0 radical (unpaired) electrons. The third-order valence-electron chi connectivity index (χ3n) is 2.79. The fraction of sp³-hybridized carbons (Fsp3) is 0.250. The van der Waals surface area contributed by atoms with Gasteiger partial charge in [0.2, 0.25) is 5.88 Å². The predicted molar refractivity (Wildman–Crippen MR) is 78.4 cm³/mol. The van der Waals surface area contributed by atoms with E-state index in [0.717, 1.165) is 0 Å². The van der Waals surface area contributed by atoms with Gasteiger partial charge in [0, 0.05) is 18.3 Å². The summed E-state index contributed by atoms with van der Waals surface area (Å²) in [6.45, 7) is 4.07. The third kappa shape index (κ3) is 3.69. The smallest absolute Gasteiger partial charge is 0.237 e. The highest BCUT2D eigenvalue weighted by atomic mass is 19.1. The lowest BCUT2D eigenvalue weighted by Crippen LogP contribution is -2.10. The lowest BCUT2D eigenvalue weighted by Gasteiger charge is -2.14. The van der Waals surface area contributed by atoms with Crippen molar-refractivity contribution in [3.63, 3.8) is 0 Å². The number of rotatable bonds is 5. The fourth-order valence-electron chi connectivity index (χ4n) is 1.84. The van der Waals surface area contributed by atoms with Crippen molar-refractivity contribution in [2.75, 3.05) is 5.32 Å². The van der Waals surface area contributed by atoms with Crippen molar-refractivity contribution < 1.29 is 9.13 Å². The summed E-state index contributed by atoms with van der Waals surface area (Å²) < 4.78 is 19.6. The molecule has 4 nitrogen and oxygen atoms in total.